The first-order valence-corrected chi connectivity index (χ1v) is 9.75. The van der Waals surface area contributed by atoms with E-state index >= 15 is 0 Å². The summed E-state index contributed by atoms with van der Waals surface area (Å²) < 4.78 is 1.57. The number of aryl methyl sites for hydroxylation is 2. The third kappa shape index (κ3) is 4.04. The van der Waals surface area contributed by atoms with E-state index in [1.54, 1.807) is 18.4 Å². The largest absolute Gasteiger partial charge is 0.338 e. The van der Waals surface area contributed by atoms with Crippen LogP contribution in [0.2, 0.25) is 0 Å². The van der Waals surface area contributed by atoms with Crippen LogP contribution in [0, 0.1) is 13.8 Å². The van der Waals surface area contributed by atoms with Gasteiger partial charge in [-0.05, 0) is 40.2 Å². The summed E-state index contributed by atoms with van der Waals surface area (Å²) in [6, 6.07) is -0.527. The maximum atomic E-state index is 12.8. The van der Waals surface area contributed by atoms with Gasteiger partial charge in [0.15, 0.2) is 5.16 Å². The van der Waals surface area contributed by atoms with Gasteiger partial charge in [0.2, 0.25) is 5.91 Å². The number of rotatable bonds is 5. The molecule has 136 valence electrons. The van der Waals surface area contributed by atoms with Crippen molar-refractivity contribution in [2.75, 3.05) is 6.54 Å². The molecule has 2 heterocycles. The van der Waals surface area contributed by atoms with Gasteiger partial charge in [-0.15, -0.1) is 11.3 Å². The third-order valence-electron chi connectivity index (χ3n) is 3.80. The van der Waals surface area contributed by atoms with Crippen molar-refractivity contribution in [1.82, 2.24) is 20.2 Å². The molecule has 0 aromatic carbocycles. The molecule has 2 N–H and O–H groups in total. The molecule has 7 nitrogen and oxygen atoms in total. The summed E-state index contributed by atoms with van der Waals surface area (Å²) in [5, 5.41) is 5.36. The number of nitrogens with zero attached hydrogens (tertiary/aromatic N) is 2. The molecular weight excluding hydrogens is 360 g/mol. The number of hydrogen-bond acceptors (Lipinski definition) is 6. The van der Waals surface area contributed by atoms with Gasteiger partial charge in [0, 0.05) is 18.0 Å². The fourth-order valence-electron chi connectivity index (χ4n) is 2.31. The highest BCUT2D eigenvalue weighted by atomic mass is 32.2. The number of hydrogen-bond donors (Lipinski definition) is 2. The molecule has 0 bridgehead atoms. The van der Waals surface area contributed by atoms with Gasteiger partial charge in [0.1, 0.15) is 4.83 Å². The third-order valence-corrected chi connectivity index (χ3v) is 5.99. The Morgan fingerprint density at radius 3 is 2.60 bits per heavy atom. The van der Waals surface area contributed by atoms with Crippen molar-refractivity contribution in [3.05, 3.63) is 20.8 Å². The van der Waals surface area contributed by atoms with Gasteiger partial charge in [-0.3, -0.25) is 19.5 Å². The van der Waals surface area contributed by atoms with Crippen molar-refractivity contribution in [1.29, 1.82) is 0 Å². The molecule has 0 aliphatic rings. The molecule has 2 rings (SSSR count). The summed E-state index contributed by atoms with van der Waals surface area (Å²) >= 11 is 2.65. The molecule has 0 aliphatic carbocycles. The van der Waals surface area contributed by atoms with Gasteiger partial charge in [-0.1, -0.05) is 11.8 Å². The maximum absolute atomic E-state index is 12.8. The van der Waals surface area contributed by atoms with Gasteiger partial charge < -0.3 is 5.32 Å². The van der Waals surface area contributed by atoms with Gasteiger partial charge >= 0.3 is 6.03 Å². The Labute approximate surface area is 154 Å². The molecule has 2 aromatic heterocycles. The first-order chi connectivity index (χ1) is 11.8. The quantitative estimate of drug-likeness (QED) is 0.612. The molecule has 0 radical (unpaired) electrons. The molecule has 0 saturated heterocycles. The van der Waals surface area contributed by atoms with Crippen molar-refractivity contribution >= 4 is 45.3 Å². The highest BCUT2D eigenvalue weighted by Gasteiger charge is 2.22. The lowest BCUT2D eigenvalue weighted by Gasteiger charge is -2.14. The lowest BCUT2D eigenvalue weighted by Crippen LogP contribution is -2.42. The number of fused-ring (bicyclic) bond motifs is 1. The number of aromatic nitrogens is 2. The van der Waals surface area contributed by atoms with Crippen LogP contribution < -0.4 is 16.2 Å². The van der Waals surface area contributed by atoms with E-state index < -0.39 is 17.2 Å². The van der Waals surface area contributed by atoms with E-state index in [1.807, 2.05) is 20.8 Å². The average Bonchev–Trinajstić information content (AvgIpc) is 2.82. The van der Waals surface area contributed by atoms with Crippen LogP contribution in [-0.4, -0.2) is 33.3 Å². The Balaban J connectivity index is 2.33. The lowest BCUT2D eigenvalue weighted by molar-refractivity contribution is -0.119. The molecule has 9 heteroatoms. The summed E-state index contributed by atoms with van der Waals surface area (Å²) in [7, 11) is 0. The molecule has 0 aliphatic heterocycles. The predicted octanol–water partition coefficient (Wildman–Crippen LogP) is 2.42. The minimum atomic E-state index is -0.563. The standard InChI is InChI=1S/C16H22N4O3S2/c1-6-17-15(23)18-12(21)10(5)25-16-19-13-11(8(3)9(4)24-13)14(22)20(16)7-2/h10H,6-7H2,1-5H3,(H2,17,18,21,23)/t10-/m1/s1. The second kappa shape index (κ2) is 8.01. The Kier molecular flexibility index (Phi) is 6.23. The SMILES string of the molecule is CCNC(=O)NC(=O)[C@@H](C)Sc1nc2sc(C)c(C)c2c(=O)n1CC. The van der Waals surface area contributed by atoms with Crippen LogP contribution >= 0.6 is 23.1 Å². The molecule has 0 fully saturated rings. The fraction of sp³-hybridized carbons (Fsp3) is 0.500. The number of urea groups is 1. The smallest absolute Gasteiger partial charge is 0.321 e. The normalized spacial score (nSPS) is 12.2. The molecule has 0 spiro atoms. The zero-order valence-corrected chi connectivity index (χ0v) is 16.6. The molecule has 0 saturated carbocycles. The second-order valence-electron chi connectivity index (χ2n) is 5.52. The van der Waals surface area contributed by atoms with Crippen LogP contribution in [-0.2, 0) is 11.3 Å². The van der Waals surface area contributed by atoms with Gasteiger partial charge in [0.25, 0.3) is 5.56 Å². The number of nitrogens with one attached hydrogen (secondary N) is 2. The topological polar surface area (TPSA) is 93.1 Å². The van der Waals surface area contributed by atoms with Crippen molar-refractivity contribution in [2.24, 2.45) is 0 Å². The molecule has 0 unspecified atom stereocenters. The Bertz CT molecular complexity index is 872. The average molecular weight is 383 g/mol. The highest BCUT2D eigenvalue weighted by Crippen LogP contribution is 2.29. The molecular formula is C16H22N4O3S2. The number of amides is 3. The summed E-state index contributed by atoms with van der Waals surface area (Å²) in [4.78, 5) is 42.7. The first kappa shape index (κ1) is 19.5. The maximum Gasteiger partial charge on any atom is 0.321 e. The summed E-state index contributed by atoms with van der Waals surface area (Å²) in [6.07, 6.45) is 0. The van der Waals surface area contributed by atoms with E-state index in [-0.39, 0.29) is 5.56 Å². The minimum Gasteiger partial charge on any atom is -0.338 e. The second-order valence-corrected chi connectivity index (χ2v) is 8.03. The molecule has 25 heavy (non-hydrogen) atoms. The Morgan fingerprint density at radius 1 is 1.32 bits per heavy atom. The highest BCUT2D eigenvalue weighted by molar-refractivity contribution is 8.00. The van der Waals surface area contributed by atoms with Gasteiger partial charge in [0.05, 0.1) is 10.6 Å². The van der Waals surface area contributed by atoms with Crippen molar-refractivity contribution in [3.63, 3.8) is 0 Å². The number of carbonyl (C=O) groups excluding carboxylic acids is 2. The van der Waals surface area contributed by atoms with Crippen LogP contribution in [0.1, 0.15) is 31.2 Å². The molecule has 1 atom stereocenters. The van der Waals surface area contributed by atoms with Crippen LogP contribution in [0.3, 0.4) is 0 Å². The molecule has 2 aromatic rings. The van der Waals surface area contributed by atoms with E-state index in [9.17, 15) is 14.4 Å². The minimum absolute atomic E-state index is 0.0896. The number of thioether (sulfide) groups is 1. The number of thiophene rings is 1. The van der Waals surface area contributed by atoms with E-state index in [4.69, 9.17) is 0 Å². The van der Waals surface area contributed by atoms with Crippen LogP contribution in [0.4, 0.5) is 4.79 Å². The number of carbonyl (C=O) groups is 2. The Hall–Kier alpha value is -1.87. The van der Waals surface area contributed by atoms with E-state index in [0.717, 1.165) is 10.4 Å². The first-order valence-electron chi connectivity index (χ1n) is 8.05. The fourth-order valence-corrected chi connectivity index (χ4v) is 4.35. The summed E-state index contributed by atoms with van der Waals surface area (Å²) in [5.41, 5.74) is 0.867. The Morgan fingerprint density at radius 2 is 2.00 bits per heavy atom. The van der Waals surface area contributed by atoms with Crippen LogP contribution in [0.25, 0.3) is 10.2 Å². The van der Waals surface area contributed by atoms with E-state index in [2.05, 4.69) is 15.6 Å². The number of imide groups is 1. The van der Waals surface area contributed by atoms with Gasteiger partial charge in [-0.25, -0.2) is 9.78 Å². The molecule has 3 amide bonds. The summed E-state index contributed by atoms with van der Waals surface area (Å²) in [5.74, 6) is -0.425. The zero-order valence-electron chi connectivity index (χ0n) is 14.9. The zero-order chi connectivity index (χ0) is 18.7. The summed E-state index contributed by atoms with van der Waals surface area (Å²) in [6.45, 7) is 10.1. The van der Waals surface area contributed by atoms with Crippen molar-refractivity contribution < 1.29 is 9.59 Å². The van der Waals surface area contributed by atoms with E-state index in [0.29, 0.717) is 28.5 Å². The van der Waals surface area contributed by atoms with Crippen LogP contribution in [0.15, 0.2) is 9.95 Å². The lowest BCUT2D eigenvalue weighted by atomic mass is 10.2. The van der Waals surface area contributed by atoms with Crippen molar-refractivity contribution in [3.8, 4) is 0 Å². The van der Waals surface area contributed by atoms with Gasteiger partial charge in [-0.2, -0.15) is 0 Å². The monoisotopic (exact) mass is 382 g/mol. The van der Waals surface area contributed by atoms with Crippen LogP contribution in [0.5, 0.6) is 0 Å². The van der Waals surface area contributed by atoms with Crippen molar-refractivity contribution in [2.45, 2.75) is 51.6 Å². The van der Waals surface area contributed by atoms with E-state index in [1.165, 1.54) is 23.1 Å². The predicted molar refractivity (Wildman–Crippen MR) is 102 cm³/mol.